The van der Waals surface area contributed by atoms with Crippen LogP contribution < -0.4 is 11.1 Å². The Labute approximate surface area is 151 Å². The Morgan fingerprint density at radius 3 is 2.04 bits per heavy atom. The number of rotatable bonds is 3. The molecule has 0 unspecified atom stereocenters. The third-order valence-electron chi connectivity index (χ3n) is 3.68. The lowest BCUT2D eigenvalue weighted by Gasteiger charge is -2.06. The van der Waals surface area contributed by atoms with Crippen molar-refractivity contribution in [2.75, 3.05) is 5.32 Å². The van der Waals surface area contributed by atoms with E-state index >= 15 is 0 Å². The third kappa shape index (κ3) is 4.37. The van der Waals surface area contributed by atoms with Crippen molar-refractivity contribution in [3.05, 3.63) is 101 Å². The fourth-order valence-electron chi connectivity index (χ4n) is 2.32. The largest absolute Gasteiger partial charge is 0.366 e. The number of anilines is 1. The summed E-state index contributed by atoms with van der Waals surface area (Å²) in [6.07, 6.45) is 0. The van der Waals surface area contributed by atoms with Gasteiger partial charge < -0.3 is 11.1 Å². The number of carbonyl (C=O) groups excluding carboxylic acids is 2. The first-order valence-corrected chi connectivity index (χ1v) is 8.00. The molecule has 0 aliphatic heterocycles. The van der Waals surface area contributed by atoms with Gasteiger partial charge in [0.05, 0.1) is 0 Å². The summed E-state index contributed by atoms with van der Waals surface area (Å²) in [5, 5.41) is 2.75. The summed E-state index contributed by atoms with van der Waals surface area (Å²) in [6, 6.07) is 23.2. The summed E-state index contributed by atoms with van der Waals surface area (Å²) in [4.78, 5) is 23.5. The van der Waals surface area contributed by atoms with Crippen LogP contribution >= 0.6 is 0 Å². The summed E-state index contributed by atoms with van der Waals surface area (Å²) in [5.74, 6) is 5.33. The standard InChI is InChI=1S/C22H16N2O2/c23-21(25)19-7-4-8-20(15-19)24-22(26)18-13-11-17(12-14-18)10-9-16-5-2-1-3-6-16/h1-8,11-15H,(H2,23,25)(H,24,26). The first-order valence-electron chi connectivity index (χ1n) is 8.00. The van der Waals surface area contributed by atoms with Gasteiger partial charge in [-0.05, 0) is 54.6 Å². The van der Waals surface area contributed by atoms with Crippen LogP contribution in [0.3, 0.4) is 0 Å². The van der Waals surface area contributed by atoms with Gasteiger partial charge in [-0.15, -0.1) is 0 Å². The van der Waals surface area contributed by atoms with Gasteiger partial charge in [0.25, 0.3) is 5.91 Å². The highest BCUT2D eigenvalue weighted by atomic mass is 16.2. The quantitative estimate of drug-likeness (QED) is 0.717. The molecule has 4 heteroatoms. The van der Waals surface area contributed by atoms with Crippen molar-refractivity contribution in [1.82, 2.24) is 0 Å². The van der Waals surface area contributed by atoms with Gasteiger partial charge in [-0.3, -0.25) is 9.59 Å². The van der Waals surface area contributed by atoms with E-state index in [2.05, 4.69) is 17.2 Å². The lowest BCUT2D eigenvalue weighted by molar-refractivity contribution is 0.0996. The number of hydrogen-bond acceptors (Lipinski definition) is 2. The molecule has 4 nitrogen and oxygen atoms in total. The van der Waals surface area contributed by atoms with Gasteiger partial charge in [-0.2, -0.15) is 0 Å². The van der Waals surface area contributed by atoms with Gasteiger partial charge >= 0.3 is 0 Å². The molecule has 126 valence electrons. The molecule has 2 amide bonds. The molecule has 0 atom stereocenters. The first-order chi connectivity index (χ1) is 12.6. The Morgan fingerprint density at radius 2 is 1.38 bits per heavy atom. The van der Waals surface area contributed by atoms with Crippen LogP contribution in [0, 0.1) is 11.8 Å². The Hall–Kier alpha value is -3.84. The monoisotopic (exact) mass is 340 g/mol. The molecule has 0 aromatic heterocycles. The van der Waals surface area contributed by atoms with Crippen molar-refractivity contribution in [3.8, 4) is 11.8 Å². The number of carbonyl (C=O) groups is 2. The van der Waals surface area contributed by atoms with Crippen LogP contribution in [0.1, 0.15) is 31.8 Å². The molecule has 0 saturated heterocycles. The molecule has 26 heavy (non-hydrogen) atoms. The number of hydrogen-bond donors (Lipinski definition) is 2. The summed E-state index contributed by atoms with van der Waals surface area (Å²) in [5.41, 5.74) is 8.36. The van der Waals surface area contributed by atoms with E-state index in [0.717, 1.165) is 11.1 Å². The normalized spacial score (nSPS) is 9.69. The van der Waals surface area contributed by atoms with E-state index in [0.29, 0.717) is 16.8 Å². The first kappa shape index (κ1) is 17.0. The third-order valence-corrected chi connectivity index (χ3v) is 3.68. The molecule has 0 heterocycles. The van der Waals surface area contributed by atoms with Gasteiger partial charge in [0.1, 0.15) is 0 Å². The van der Waals surface area contributed by atoms with Crippen LogP contribution in [-0.4, -0.2) is 11.8 Å². The van der Waals surface area contributed by atoms with Crippen LogP contribution in [0.2, 0.25) is 0 Å². The number of nitrogens with one attached hydrogen (secondary N) is 1. The van der Waals surface area contributed by atoms with Gasteiger partial charge in [0, 0.05) is 27.9 Å². The molecular weight excluding hydrogens is 324 g/mol. The van der Waals surface area contributed by atoms with Gasteiger partial charge in [0.2, 0.25) is 5.91 Å². The maximum atomic E-state index is 12.3. The summed E-state index contributed by atoms with van der Waals surface area (Å²) in [7, 11) is 0. The smallest absolute Gasteiger partial charge is 0.255 e. The second-order valence-corrected chi connectivity index (χ2v) is 5.59. The van der Waals surface area contributed by atoms with E-state index in [4.69, 9.17) is 5.73 Å². The van der Waals surface area contributed by atoms with Crippen LogP contribution in [0.25, 0.3) is 0 Å². The zero-order valence-corrected chi connectivity index (χ0v) is 13.9. The van der Waals surface area contributed by atoms with Crippen molar-refractivity contribution in [1.29, 1.82) is 0 Å². The van der Waals surface area contributed by atoms with Crippen molar-refractivity contribution in [2.24, 2.45) is 5.73 Å². The van der Waals surface area contributed by atoms with Crippen molar-refractivity contribution in [3.63, 3.8) is 0 Å². The number of amides is 2. The average Bonchev–Trinajstić information content (AvgIpc) is 2.68. The van der Waals surface area contributed by atoms with Crippen LogP contribution in [0.5, 0.6) is 0 Å². The highest BCUT2D eigenvalue weighted by Crippen LogP contribution is 2.12. The molecular formula is C22H16N2O2. The van der Waals surface area contributed by atoms with E-state index in [9.17, 15) is 9.59 Å². The Bertz CT molecular complexity index is 998. The van der Waals surface area contributed by atoms with E-state index in [1.165, 1.54) is 0 Å². The molecule has 0 bridgehead atoms. The predicted octanol–water partition coefficient (Wildman–Crippen LogP) is 3.44. The predicted molar refractivity (Wildman–Crippen MR) is 102 cm³/mol. The van der Waals surface area contributed by atoms with Crippen molar-refractivity contribution < 1.29 is 9.59 Å². The van der Waals surface area contributed by atoms with Crippen LogP contribution in [0.4, 0.5) is 5.69 Å². The minimum Gasteiger partial charge on any atom is -0.366 e. The highest BCUT2D eigenvalue weighted by molar-refractivity contribution is 6.05. The zero-order valence-electron chi connectivity index (χ0n) is 13.9. The fraction of sp³-hybridized carbons (Fsp3) is 0. The topological polar surface area (TPSA) is 72.2 Å². The lowest BCUT2D eigenvalue weighted by atomic mass is 10.1. The molecule has 0 aliphatic carbocycles. The summed E-state index contributed by atoms with van der Waals surface area (Å²) < 4.78 is 0. The molecule has 3 rings (SSSR count). The van der Waals surface area contributed by atoms with E-state index in [1.807, 2.05) is 30.3 Å². The molecule has 0 fully saturated rings. The number of benzene rings is 3. The molecule has 0 aliphatic rings. The van der Waals surface area contributed by atoms with E-state index in [-0.39, 0.29) is 5.91 Å². The lowest BCUT2D eigenvalue weighted by Crippen LogP contribution is -2.14. The van der Waals surface area contributed by atoms with Gasteiger partial charge in [0.15, 0.2) is 0 Å². The van der Waals surface area contributed by atoms with Crippen LogP contribution in [0.15, 0.2) is 78.9 Å². The Balaban J connectivity index is 1.70. The highest BCUT2D eigenvalue weighted by Gasteiger charge is 2.07. The molecule has 0 saturated carbocycles. The summed E-state index contributed by atoms with van der Waals surface area (Å²) >= 11 is 0. The number of nitrogens with two attached hydrogens (primary N) is 1. The molecule has 3 aromatic carbocycles. The second kappa shape index (κ2) is 7.82. The molecule has 0 radical (unpaired) electrons. The minimum absolute atomic E-state index is 0.269. The van der Waals surface area contributed by atoms with E-state index in [1.54, 1.807) is 48.5 Å². The van der Waals surface area contributed by atoms with Crippen LogP contribution in [-0.2, 0) is 0 Å². The second-order valence-electron chi connectivity index (χ2n) is 5.59. The molecule has 0 spiro atoms. The van der Waals surface area contributed by atoms with Gasteiger partial charge in [-0.25, -0.2) is 0 Å². The average molecular weight is 340 g/mol. The SMILES string of the molecule is NC(=O)c1cccc(NC(=O)c2ccc(C#Cc3ccccc3)cc2)c1. The molecule has 3 N–H and O–H groups in total. The van der Waals surface area contributed by atoms with Gasteiger partial charge in [-0.1, -0.05) is 36.1 Å². The fourth-order valence-corrected chi connectivity index (χ4v) is 2.32. The number of primary amides is 1. The van der Waals surface area contributed by atoms with Crippen molar-refractivity contribution >= 4 is 17.5 Å². The zero-order chi connectivity index (χ0) is 18.4. The maximum absolute atomic E-state index is 12.3. The van der Waals surface area contributed by atoms with E-state index < -0.39 is 5.91 Å². The Morgan fingerprint density at radius 1 is 0.731 bits per heavy atom. The van der Waals surface area contributed by atoms with Crippen molar-refractivity contribution in [2.45, 2.75) is 0 Å². The molecule has 3 aromatic rings. The summed E-state index contributed by atoms with van der Waals surface area (Å²) in [6.45, 7) is 0. The minimum atomic E-state index is -0.539. The Kier molecular flexibility index (Phi) is 5.11. The maximum Gasteiger partial charge on any atom is 0.255 e.